The summed E-state index contributed by atoms with van der Waals surface area (Å²) >= 11 is 1.41. The average molecular weight is 278 g/mol. The molecule has 1 atom stereocenters. The standard InChI is InChI=1S/C13H18N4OS/c1-8(2)10-13(19-17-16-10)12(14-3)11-9(18-4)6-5-7-15-11/h5-8,12,14H,1-4H3. The molecule has 2 aromatic heterocycles. The van der Waals surface area contributed by atoms with Crippen LogP contribution in [-0.4, -0.2) is 28.7 Å². The minimum absolute atomic E-state index is 0.0476. The summed E-state index contributed by atoms with van der Waals surface area (Å²) in [6.45, 7) is 4.23. The molecule has 0 aliphatic carbocycles. The summed E-state index contributed by atoms with van der Waals surface area (Å²) in [5.41, 5.74) is 1.87. The van der Waals surface area contributed by atoms with Gasteiger partial charge in [0.2, 0.25) is 0 Å². The number of nitrogens with one attached hydrogen (secondary N) is 1. The second-order valence-electron chi connectivity index (χ2n) is 4.49. The Hall–Kier alpha value is -1.53. The van der Waals surface area contributed by atoms with Crippen LogP contribution in [0, 0.1) is 0 Å². The molecule has 2 aromatic rings. The Balaban J connectivity index is 2.47. The first-order valence-electron chi connectivity index (χ1n) is 6.17. The van der Waals surface area contributed by atoms with E-state index in [2.05, 4.69) is 33.7 Å². The maximum absolute atomic E-state index is 5.39. The van der Waals surface area contributed by atoms with Gasteiger partial charge >= 0.3 is 0 Å². The van der Waals surface area contributed by atoms with Crippen LogP contribution in [0.4, 0.5) is 0 Å². The van der Waals surface area contributed by atoms with Crippen molar-refractivity contribution in [2.45, 2.75) is 25.8 Å². The highest BCUT2D eigenvalue weighted by Crippen LogP contribution is 2.33. The maximum atomic E-state index is 5.39. The lowest BCUT2D eigenvalue weighted by atomic mass is 10.0. The Morgan fingerprint density at radius 2 is 2.11 bits per heavy atom. The second kappa shape index (κ2) is 6.08. The van der Waals surface area contributed by atoms with Crippen LogP contribution in [0.1, 0.15) is 42.1 Å². The molecular formula is C13H18N4OS. The topological polar surface area (TPSA) is 59.9 Å². The van der Waals surface area contributed by atoms with Gasteiger partial charge in [-0.2, -0.15) is 0 Å². The molecule has 6 heteroatoms. The normalized spacial score (nSPS) is 12.7. The zero-order valence-corrected chi connectivity index (χ0v) is 12.4. The first kappa shape index (κ1) is 13.9. The van der Waals surface area contributed by atoms with Gasteiger partial charge in [-0.05, 0) is 36.6 Å². The number of aromatic nitrogens is 3. The fourth-order valence-electron chi connectivity index (χ4n) is 1.99. The van der Waals surface area contributed by atoms with Gasteiger partial charge in [0.1, 0.15) is 11.4 Å². The van der Waals surface area contributed by atoms with Crippen molar-refractivity contribution in [1.29, 1.82) is 0 Å². The SMILES string of the molecule is CNC(c1ncccc1OC)c1snnc1C(C)C. The molecule has 19 heavy (non-hydrogen) atoms. The summed E-state index contributed by atoms with van der Waals surface area (Å²) in [6, 6.07) is 3.73. The molecule has 2 rings (SSSR count). The minimum Gasteiger partial charge on any atom is -0.495 e. The molecule has 1 N–H and O–H groups in total. The summed E-state index contributed by atoms with van der Waals surface area (Å²) in [5, 5.41) is 7.50. The van der Waals surface area contributed by atoms with E-state index in [0.29, 0.717) is 5.92 Å². The monoisotopic (exact) mass is 278 g/mol. The van der Waals surface area contributed by atoms with Gasteiger partial charge in [-0.25, -0.2) is 0 Å². The lowest BCUT2D eigenvalue weighted by Gasteiger charge is -2.18. The molecule has 0 saturated heterocycles. The van der Waals surface area contributed by atoms with Crippen LogP contribution in [0.2, 0.25) is 0 Å². The number of pyridine rings is 1. The third-order valence-electron chi connectivity index (χ3n) is 2.93. The van der Waals surface area contributed by atoms with Crippen LogP contribution < -0.4 is 10.1 Å². The van der Waals surface area contributed by atoms with Crippen molar-refractivity contribution in [2.24, 2.45) is 0 Å². The Morgan fingerprint density at radius 1 is 1.32 bits per heavy atom. The van der Waals surface area contributed by atoms with Gasteiger partial charge in [-0.15, -0.1) is 5.10 Å². The van der Waals surface area contributed by atoms with Crippen LogP contribution in [0.25, 0.3) is 0 Å². The summed E-state index contributed by atoms with van der Waals surface area (Å²) in [4.78, 5) is 5.53. The molecule has 5 nitrogen and oxygen atoms in total. The lowest BCUT2D eigenvalue weighted by molar-refractivity contribution is 0.402. The largest absolute Gasteiger partial charge is 0.495 e. The summed E-state index contributed by atoms with van der Waals surface area (Å²) < 4.78 is 9.46. The van der Waals surface area contributed by atoms with Crippen molar-refractivity contribution in [2.75, 3.05) is 14.2 Å². The molecule has 0 aliphatic rings. The fourth-order valence-corrected chi connectivity index (χ4v) is 2.91. The number of ether oxygens (including phenoxy) is 1. The highest BCUT2D eigenvalue weighted by Gasteiger charge is 2.24. The van der Waals surface area contributed by atoms with E-state index in [1.807, 2.05) is 19.2 Å². The third-order valence-corrected chi connectivity index (χ3v) is 3.74. The average Bonchev–Trinajstić information content (AvgIpc) is 2.89. The number of rotatable bonds is 5. The Kier molecular flexibility index (Phi) is 4.44. The van der Waals surface area contributed by atoms with Gasteiger partial charge in [-0.1, -0.05) is 18.3 Å². The molecule has 0 spiro atoms. The Morgan fingerprint density at radius 3 is 2.74 bits per heavy atom. The third kappa shape index (κ3) is 2.74. The van der Waals surface area contributed by atoms with Crippen LogP contribution in [-0.2, 0) is 0 Å². The number of hydrogen-bond donors (Lipinski definition) is 1. The van der Waals surface area contributed by atoms with Crippen LogP contribution in [0.3, 0.4) is 0 Å². The summed E-state index contributed by atoms with van der Waals surface area (Å²) in [6.07, 6.45) is 1.77. The molecule has 0 aromatic carbocycles. The van der Waals surface area contributed by atoms with E-state index in [-0.39, 0.29) is 6.04 Å². The molecular weight excluding hydrogens is 260 g/mol. The first-order chi connectivity index (χ1) is 9.19. The van der Waals surface area contributed by atoms with Crippen molar-refractivity contribution in [3.8, 4) is 5.75 Å². The van der Waals surface area contributed by atoms with Gasteiger partial charge in [-0.3, -0.25) is 4.98 Å². The van der Waals surface area contributed by atoms with Gasteiger partial charge in [0.05, 0.1) is 23.7 Å². The van der Waals surface area contributed by atoms with Gasteiger partial charge in [0, 0.05) is 6.20 Å². The smallest absolute Gasteiger partial charge is 0.142 e. The predicted octanol–water partition coefficient (Wildman–Crippen LogP) is 2.37. The van der Waals surface area contributed by atoms with Crippen LogP contribution in [0.15, 0.2) is 18.3 Å². The van der Waals surface area contributed by atoms with Gasteiger partial charge in [0.25, 0.3) is 0 Å². The highest BCUT2D eigenvalue weighted by molar-refractivity contribution is 7.05. The molecule has 0 aliphatic heterocycles. The molecule has 0 radical (unpaired) electrons. The number of nitrogens with zero attached hydrogens (tertiary/aromatic N) is 3. The van der Waals surface area contributed by atoms with E-state index in [9.17, 15) is 0 Å². The Bertz CT molecular complexity index is 541. The van der Waals surface area contributed by atoms with Crippen molar-refractivity contribution in [3.63, 3.8) is 0 Å². The molecule has 102 valence electrons. The van der Waals surface area contributed by atoms with Crippen LogP contribution in [0.5, 0.6) is 5.75 Å². The predicted molar refractivity (Wildman–Crippen MR) is 75.7 cm³/mol. The number of methoxy groups -OCH3 is 1. The summed E-state index contributed by atoms with van der Waals surface area (Å²) in [5.74, 6) is 1.10. The first-order valence-corrected chi connectivity index (χ1v) is 6.94. The Labute approximate surface area is 117 Å². The fraction of sp³-hybridized carbons (Fsp3) is 0.462. The van der Waals surface area contributed by atoms with Gasteiger partial charge < -0.3 is 10.1 Å². The number of hydrogen-bond acceptors (Lipinski definition) is 6. The van der Waals surface area contributed by atoms with Crippen molar-refractivity contribution in [3.05, 3.63) is 34.6 Å². The van der Waals surface area contributed by atoms with Crippen molar-refractivity contribution < 1.29 is 4.74 Å². The van der Waals surface area contributed by atoms with Crippen molar-refractivity contribution >= 4 is 11.5 Å². The van der Waals surface area contributed by atoms with Gasteiger partial charge in [0.15, 0.2) is 0 Å². The van der Waals surface area contributed by atoms with Crippen LogP contribution >= 0.6 is 11.5 Å². The molecule has 2 heterocycles. The van der Waals surface area contributed by atoms with E-state index < -0.39 is 0 Å². The molecule has 1 unspecified atom stereocenters. The van der Waals surface area contributed by atoms with E-state index in [1.54, 1.807) is 13.3 Å². The van der Waals surface area contributed by atoms with E-state index in [4.69, 9.17) is 4.74 Å². The molecule has 0 amide bonds. The van der Waals surface area contributed by atoms with E-state index in [1.165, 1.54) is 11.5 Å². The quantitative estimate of drug-likeness (QED) is 0.910. The molecule has 0 saturated carbocycles. The minimum atomic E-state index is -0.0476. The van der Waals surface area contributed by atoms with E-state index in [0.717, 1.165) is 22.0 Å². The highest BCUT2D eigenvalue weighted by atomic mass is 32.1. The van der Waals surface area contributed by atoms with E-state index >= 15 is 0 Å². The molecule has 0 fully saturated rings. The second-order valence-corrected chi connectivity index (χ2v) is 5.28. The lowest BCUT2D eigenvalue weighted by Crippen LogP contribution is -2.20. The van der Waals surface area contributed by atoms with Crippen molar-refractivity contribution in [1.82, 2.24) is 19.9 Å². The molecule has 0 bridgehead atoms. The zero-order valence-electron chi connectivity index (χ0n) is 11.5. The zero-order chi connectivity index (χ0) is 13.8. The summed E-state index contributed by atoms with van der Waals surface area (Å²) in [7, 11) is 3.56. The maximum Gasteiger partial charge on any atom is 0.142 e.